The van der Waals surface area contributed by atoms with Crippen LogP contribution in [0.5, 0.6) is 0 Å². The van der Waals surface area contributed by atoms with Crippen LogP contribution in [-0.2, 0) is 18.9 Å². The molecule has 0 amide bonds. The molecule has 1 heterocycles. The predicted octanol–water partition coefficient (Wildman–Crippen LogP) is 2.32. The van der Waals surface area contributed by atoms with Gasteiger partial charge in [0.15, 0.2) is 11.6 Å². The van der Waals surface area contributed by atoms with Gasteiger partial charge in [-0.3, -0.25) is 0 Å². The average Bonchev–Trinajstić information content (AvgIpc) is 2.30. The Morgan fingerprint density at radius 3 is 2.19 bits per heavy atom. The topological polar surface area (TPSA) is 36.9 Å². The van der Waals surface area contributed by atoms with Gasteiger partial charge < -0.3 is 18.9 Å². The molecule has 1 rings (SSSR count). The fraction of sp³-hybridized carbons (Fsp3) is 1.00. The summed E-state index contributed by atoms with van der Waals surface area (Å²) in [6, 6.07) is 0. The van der Waals surface area contributed by atoms with E-state index >= 15 is 0 Å². The van der Waals surface area contributed by atoms with Crippen molar-refractivity contribution in [3.8, 4) is 0 Å². The standard InChI is InChI=1S/C12H24O4/c1-5-11(13-4)10-12(14-6-2,15-7-3)8-9-16-11/h5-10H2,1-4H3. The molecular formula is C12H24O4. The van der Waals surface area contributed by atoms with Crippen molar-refractivity contribution in [2.24, 2.45) is 0 Å². The largest absolute Gasteiger partial charge is 0.353 e. The second-order valence-corrected chi connectivity index (χ2v) is 4.02. The monoisotopic (exact) mass is 232 g/mol. The molecule has 0 radical (unpaired) electrons. The second-order valence-electron chi connectivity index (χ2n) is 4.02. The van der Waals surface area contributed by atoms with Crippen LogP contribution in [-0.4, -0.2) is 38.5 Å². The Morgan fingerprint density at radius 2 is 1.75 bits per heavy atom. The first-order chi connectivity index (χ1) is 7.66. The van der Waals surface area contributed by atoms with Crippen molar-refractivity contribution in [1.29, 1.82) is 0 Å². The Morgan fingerprint density at radius 1 is 1.12 bits per heavy atom. The molecule has 96 valence electrons. The van der Waals surface area contributed by atoms with E-state index in [4.69, 9.17) is 18.9 Å². The third kappa shape index (κ3) is 2.94. The molecule has 0 aliphatic carbocycles. The summed E-state index contributed by atoms with van der Waals surface area (Å²) < 4.78 is 22.8. The van der Waals surface area contributed by atoms with Crippen LogP contribution < -0.4 is 0 Å². The lowest BCUT2D eigenvalue weighted by Crippen LogP contribution is -2.52. The Balaban J connectivity index is 2.77. The number of methoxy groups -OCH3 is 1. The van der Waals surface area contributed by atoms with E-state index < -0.39 is 11.6 Å². The third-order valence-corrected chi connectivity index (χ3v) is 3.11. The van der Waals surface area contributed by atoms with Gasteiger partial charge in [0.05, 0.1) is 13.0 Å². The van der Waals surface area contributed by atoms with Crippen LogP contribution in [0, 0.1) is 0 Å². The summed E-state index contributed by atoms with van der Waals surface area (Å²) >= 11 is 0. The van der Waals surface area contributed by atoms with Gasteiger partial charge in [0.2, 0.25) is 0 Å². The highest BCUT2D eigenvalue weighted by Gasteiger charge is 2.46. The highest BCUT2D eigenvalue weighted by atomic mass is 16.7. The van der Waals surface area contributed by atoms with E-state index in [2.05, 4.69) is 6.92 Å². The van der Waals surface area contributed by atoms with Gasteiger partial charge in [0, 0.05) is 26.7 Å². The summed E-state index contributed by atoms with van der Waals surface area (Å²) in [5, 5.41) is 0. The first-order valence-electron chi connectivity index (χ1n) is 6.13. The molecule has 4 nitrogen and oxygen atoms in total. The minimum Gasteiger partial charge on any atom is -0.353 e. The number of hydrogen-bond donors (Lipinski definition) is 0. The minimum atomic E-state index is -0.553. The SMILES string of the molecule is CCOC1(OCC)CCOC(CC)(OC)C1. The van der Waals surface area contributed by atoms with Crippen molar-refractivity contribution < 1.29 is 18.9 Å². The van der Waals surface area contributed by atoms with Gasteiger partial charge in [-0.05, 0) is 20.3 Å². The maximum absolute atomic E-state index is 5.79. The van der Waals surface area contributed by atoms with Gasteiger partial charge in [-0.25, -0.2) is 0 Å². The highest BCUT2D eigenvalue weighted by Crippen LogP contribution is 2.38. The summed E-state index contributed by atoms with van der Waals surface area (Å²) in [5.41, 5.74) is 0. The van der Waals surface area contributed by atoms with Crippen LogP contribution in [0.15, 0.2) is 0 Å². The van der Waals surface area contributed by atoms with Crippen LogP contribution >= 0.6 is 0 Å². The summed E-state index contributed by atoms with van der Waals surface area (Å²) in [7, 11) is 1.68. The maximum atomic E-state index is 5.79. The summed E-state index contributed by atoms with van der Waals surface area (Å²) in [6.45, 7) is 7.92. The lowest BCUT2D eigenvalue weighted by atomic mass is 9.96. The van der Waals surface area contributed by atoms with E-state index in [0.717, 1.165) is 12.8 Å². The van der Waals surface area contributed by atoms with Gasteiger partial charge in [0.1, 0.15) is 0 Å². The molecule has 0 spiro atoms. The van der Waals surface area contributed by atoms with E-state index in [-0.39, 0.29) is 0 Å². The molecule has 4 heteroatoms. The minimum absolute atomic E-state index is 0.534. The van der Waals surface area contributed by atoms with Crippen molar-refractivity contribution in [2.75, 3.05) is 26.9 Å². The molecular weight excluding hydrogens is 208 g/mol. The van der Waals surface area contributed by atoms with Gasteiger partial charge in [-0.15, -0.1) is 0 Å². The predicted molar refractivity (Wildman–Crippen MR) is 61.2 cm³/mol. The van der Waals surface area contributed by atoms with Crippen LogP contribution in [0.3, 0.4) is 0 Å². The maximum Gasteiger partial charge on any atom is 0.175 e. The first-order valence-corrected chi connectivity index (χ1v) is 6.13. The van der Waals surface area contributed by atoms with Crippen molar-refractivity contribution in [1.82, 2.24) is 0 Å². The van der Waals surface area contributed by atoms with Crippen molar-refractivity contribution >= 4 is 0 Å². The Bertz CT molecular complexity index is 190. The highest BCUT2D eigenvalue weighted by molar-refractivity contribution is 4.85. The molecule has 1 saturated heterocycles. The zero-order valence-corrected chi connectivity index (χ0v) is 10.9. The van der Waals surface area contributed by atoms with Crippen LogP contribution in [0.4, 0.5) is 0 Å². The van der Waals surface area contributed by atoms with Crippen molar-refractivity contribution in [2.45, 2.75) is 51.6 Å². The zero-order valence-electron chi connectivity index (χ0n) is 10.9. The Hall–Kier alpha value is -0.160. The normalized spacial score (nSPS) is 29.2. The lowest BCUT2D eigenvalue weighted by Gasteiger charge is -2.45. The molecule has 0 aromatic carbocycles. The van der Waals surface area contributed by atoms with Gasteiger partial charge in [0.25, 0.3) is 0 Å². The summed E-state index contributed by atoms with van der Waals surface area (Å²) in [4.78, 5) is 0. The second kappa shape index (κ2) is 5.96. The number of ether oxygens (including phenoxy) is 4. The smallest absolute Gasteiger partial charge is 0.175 e. The fourth-order valence-electron chi connectivity index (χ4n) is 2.26. The molecule has 0 aromatic heterocycles. The molecule has 0 aromatic rings. The molecule has 0 N–H and O–H groups in total. The van der Waals surface area contributed by atoms with Gasteiger partial charge in [-0.2, -0.15) is 0 Å². The molecule has 1 unspecified atom stereocenters. The Labute approximate surface area is 98.2 Å². The van der Waals surface area contributed by atoms with E-state index in [9.17, 15) is 0 Å². The van der Waals surface area contributed by atoms with Crippen molar-refractivity contribution in [3.05, 3.63) is 0 Å². The quantitative estimate of drug-likeness (QED) is 0.659. The third-order valence-electron chi connectivity index (χ3n) is 3.11. The molecule has 1 aliphatic heterocycles. The molecule has 1 fully saturated rings. The molecule has 1 atom stereocenters. The van der Waals surface area contributed by atoms with E-state index in [1.807, 2.05) is 13.8 Å². The molecule has 16 heavy (non-hydrogen) atoms. The summed E-state index contributed by atoms with van der Waals surface area (Å²) in [6.07, 6.45) is 2.19. The van der Waals surface area contributed by atoms with Crippen molar-refractivity contribution in [3.63, 3.8) is 0 Å². The molecule has 0 saturated carbocycles. The number of rotatable bonds is 6. The molecule has 1 aliphatic rings. The summed E-state index contributed by atoms with van der Waals surface area (Å²) in [5.74, 6) is -1.09. The lowest BCUT2D eigenvalue weighted by molar-refractivity contribution is -0.346. The van der Waals surface area contributed by atoms with Crippen LogP contribution in [0.1, 0.15) is 40.0 Å². The zero-order chi connectivity index (χ0) is 12.1. The molecule has 0 bridgehead atoms. The van der Waals surface area contributed by atoms with E-state index in [0.29, 0.717) is 26.2 Å². The Kier molecular flexibility index (Phi) is 5.18. The fourth-order valence-corrected chi connectivity index (χ4v) is 2.26. The van der Waals surface area contributed by atoms with Crippen LogP contribution in [0.2, 0.25) is 0 Å². The van der Waals surface area contributed by atoms with Gasteiger partial charge >= 0.3 is 0 Å². The first kappa shape index (κ1) is 13.9. The van der Waals surface area contributed by atoms with E-state index in [1.165, 1.54) is 0 Å². The number of hydrogen-bond acceptors (Lipinski definition) is 4. The average molecular weight is 232 g/mol. The van der Waals surface area contributed by atoms with Crippen LogP contribution in [0.25, 0.3) is 0 Å². The van der Waals surface area contributed by atoms with Gasteiger partial charge in [-0.1, -0.05) is 6.92 Å². The van der Waals surface area contributed by atoms with E-state index in [1.54, 1.807) is 7.11 Å².